The number of hydrogen-bond donors (Lipinski definition) is 2. The summed E-state index contributed by atoms with van der Waals surface area (Å²) < 4.78 is 5.56. The maximum atomic E-state index is 10.5. The van der Waals surface area contributed by atoms with E-state index >= 15 is 0 Å². The van der Waals surface area contributed by atoms with Crippen LogP contribution in [-0.4, -0.2) is 37.8 Å². The molecule has 1 atom stereocenters. The van der Waals surface area contributed by atoms with E-state index in [9.17, 15) is 4.79 Å². The lowest BCUT2D eigenvalue weighted by molar-refractivity contribution is -0.136. The van der Waals surface area contributed by atoms with Gasteiger partial charge in [0.2, 0.25) is 0 Å². The standard InChI is InChI=1S/C17H26N2O3/c1-13-4-3-9-19(12-13)15-6-5-14(10-16(15)22-2)11-18-8-7-17(20)21/h5-6,10,13,18H,3-4,7-9,11-12H2,1-2H3,(H,20,21). The number of piperidine rings is 1. The molecule has 2 N–H and O–H groups in total. The summed E-state index contributed by atoms with van der Waals surface area (Å²) in [4.78, 5) is 12.9. The molecule has 0 bridgehead atoms. The minimum Gasteiger partial charge on any atom is -0.495 e. The Hall–Kier alpha value is -1.75. The second kappa shape index (κ2) is 8.03. The molecular formula is C17H26N2O3. The second-order valence-electron chi connectivity index (χ2n) is 6.02. The molecular weight excluding hydrogens is 280 g/mol. The number of nitrogens with one attached hydrogen (secondary N) is 1. The zero-order chi connectivity index (χ0) is 15.9. The molecule has 0 aliphatic carbocycles. The average molecular weight is 306 g/mol. The zero-order valence-electron chi connectivity index (χ0n) is 13.5. The Morgan fingerprint density at radius 2 is 2.32 bits per heavy atom. The first-order valence-corrected chi connectivity index (χ1v) is 7.94. The third kappa shape index (κ3) is 4.63. The van der Waals surface area contributed by atoms with E-state index in [0.29, 0.717) is 13.1 Å². The van der Waals surface area contributed by atoms with Gasteiger partial charge in [-0.15, -0.1) is 0 Å². The van der Waals surface area contributed by atoms with E-state index < -0.39 is 5.97 Å². The lowest BCUT2D eigenvalue weighted by Crippen LogP contribution is -2.34. The first-order chi connectivity index (χ1) is 10.6. The average Bonchev–Trinajstić information content (AvgIpc) is 2.51. The molecule has 0 radical (unpaired) electrons. The fourth-order valence-corrected chi connectivity index (χ4v) is 2.93. The van der Waals surface area contributed by atoms with Crippen molar-refractivity contribution in [1.29, 1.82) is 0 Å². The second-order valence-corrected chi connectivity index (χ2v) is 6.02. The van der Waals surface area contributed by atoms with E-state index in [0.717, 1.165) is 36.0 Å². The van der Waals surface area contributed by atoms with Gasteiger partial charge in [0.05, 0.1) is 19.2 Å². The first kappa shape index (κ1) is 16.6. The van der Waals surface area contributed by atoms with Crippen LogP contribution >= 0.6 is 0 Å². The van der Waals surface area contributed by atoms with E-state index in [1.807, 2.05) is 6.07 Å². The van der Waals surface area contributed by atoms with Crippen LogP contribution in [0, 0.1) is 5.92 Å². The lowest BCUT2D eigenvalue weighted by atomic mass is 9.99. The van der Waals surface area contributed by atoms with Gasteiger partial charge in [-0.2, -0.15) is 0 Å². The van der Waals surface area contributed by atoms with Gasteiger partial charge >= 0.3 is 5.97 Å². The summed E-state index contributed by atoms with van der Waals surface area (Å²) in [6.07, 6.45) is 2.66. The molecule has 1 aromatic rings. The van der Waals surface area contributed by atoms with Crippen molar-refractivity contribution in [2.24, 2.45) is 5.92 Å². The van der Waals surface area contributed by atoms with Crippen LogP contribution < -0.4 is 15.0 Å². The van der Waals surface area contributed by atoms with Crippen molar-refractivity contribution in [3.63, 3.8) is 0 Å². The summed E-state index contributed by atoms with van der Waals surface area (Å²) in [5.41, 5.74) is 2.26. The molecule has 1 saturated heterocycles. The van der Waals surface area contributed by atoms with E-state index in [1.54, 1.807) is 7.11 Å². The molecule has 5 heteroatoms. The normalized spacial score (nSPS) is 18.3. The molecule has 0 spiro atoms. The molecule has 1 fully saturated rings. The van der Waals surface area contributed by atoms with Gasteiger partial charge in [-0.1, -0.05) is 13.0 Å². The number of carboxylic acid groups (broad SMARTS) is 1. The number of rotatable bonds is 7. The number of benzene rings is 1. The number of nitrogens with zero attached hydrogens (tertiary/aromatic N) is 1. The molecule has 2 rings (SSSR count). The number of aliphatic carboxylic acids is 1. The molecule has 1 heterocycles. The van der Waals surface area contributed by atoms with Gasteiger partial charge in [-0.3, -0.25) is 4.79 Å². The summed E-state index contributed by atoms with van der Waals surface area (Å²) in [7, 11) is 1.70. The van der Waals surface area contributed by atoms with Crippen LogP contribution in [0.25, 0.3) is 0 Å². The smallest absolute Gasteiger partial charge is 0.304 e. The number of ether oxygens (including phenoxy) is 1. The number of methoxy groups -OCH3 is 1. The molecule has 22 heavy (non-hydrogen) atoms. The van der Waals surface area contributed by atoms with Crippen LogP contribution in [0.4, 0.5) is 5.69 Å². The topological polar surface area (TPSA) is 61.8 Å². The molecule has 0 aromatic heterocycles. The third-order valence-corrected chi connectivity index (χ3v) is 4.09. The van der Waals surface area contributed by atoms with Gasteiger partial charge in [-0.25, -0.2) is 0 Å². The van der Waals surface area contributed by atoms with Crippen LogP contribution in [0.2, 0.25) is 0 Å². The SMILES string of the molecule is COc1cc(CNCCC(=O)O)ccc1N1CCCC(C)C1. The van der Waals surface area contributed by atoms with Crippen molar-refractivity contribution in [1.82, 2.24) is 5.32 Å². The molecule has 1 aromatic carbocycles. The van der Waals surface area contributed by atoms with Crippen LogP contribution in [0.5, 0.6) is 5.75 Å². The Balaban J connectivity index is 1.99. The quantitative estimate of drug-likeness (QED) is 0.758. The highest BCUT2D eigenvalue weighted by atomic mass is 16.5. The van der Waals surface area contributed by atoms with Crippen molar-refractivity contribution >= 4 is 11.7 Å². The van der Waals surface area contributed by atoms with Crippen LogP contribution in [0.15, 0.2) is 18.2 Å². The summed E-state index contributed by atoms with van der Waals surface area (Å²) >= 11 is 0. The number of hydrogen-bond acceptors (Lipinski definition) is 4. The van der Waals surface area contributed by atoms with Crippen molar-refractivity contribution in [3.8, 4) is 5.75 Å². The summed E-state index contributed by atoms with van der Waals surface area (Å²) in [5.74, 6) is 0.835. The highest BCUT2D eigenvalue weighted by Gasteiger charge is 2.19. The van der Waals surface area contributed by atoms with Gasteiger partial charge in [0.25, 0.3) is 0 Å². The van der Waals surface area contributed by atoms with Crippen molar-refractivity contribution in [2.45, 2.75) is 32.7 Å². The maximum absolute atomic E-state index is 10.5. The highest BCUT2D eigenvalue weighted by Crippen LogP contribution is 2.32. The summed E-state index contributed by atoms with van der Waals surface area (Å²) in [6, 6.07) is 6.25. The Bertz CT molecular complexity index is 505. The van der Waals surface area contributed by atoms with E-state index in [1.165, 1.54) is 12.8 Å². The Morgan fingerprint density at radius 1 is 1.50 bits per heavy atom. The lowest BCUT2D eigenvalue weighted by Gasteiger charge is -2.33. The molecule has 1 aliphatic heterocycles. The van der Waals surface area contributed by atoms with E-state index in [2.05, 4.69) is 29.3 Å². The number of anilines is 1. The van der Waals surface area contributed by atoms with Crippen molar-refractivity contribution in [3.05, 3.63) is 23.8 Å². The van der Waals surface area contributed by atoms with Gasteiger partial charge < -0.3 is 20.1 Å². The van der Waals surface area contributed by atoms with E-state index in [4.69, 9.17) is 9.84 Å². The predicted octanol–water partition coefficient (Wildman–Crippen LogP) is 2.50. The highest BCUT2D eigenvalue weighted by molar-refractivity contribution is 5.66. The van der Waals surface area contributed by atoms with Crippen LogP contribution in [0.3, 0.4) is 0 Å². The summed E-state index contributed by atoms with van der Waals surface area (Å²) in [5, 5.41) is 11.8. The van der Waals surface area contributed by atoms with Gasteiger partial charge in [0.1, 0.15) is 5.75 Å². The fraction of sp³-hybridized carbons (Fsp3) is 0.588. The van der Waals surface area contributed by atoms with Crippen molar-refractivity contribution < 1.29 is 14.6 Å². The van der Waals surface area contributed by atoms with Crippen LogP contribution in [-0.2, 0) is 11.3 Å². The van der Waals surface area contributed by atoms with Gasteiger partial charge in [0, 0.05) is 26.2 Å². The van der Waals surface area contributed by atoms with Gasteiger partial charge in [0.15, 0.2) is 0 Å². The first-order valence-electron chi connectivity index (χ1n) is 7.94. The van der Waals surface area contributed by atoms with Crippen molar-refractivity contribution in [2.75, 3.05) is 31.6 Å². The molecule has 0 amide bonds. The predicted molar refractivity (Wildman–Crippen MR) is 87.6 cm³/mol. The molecule has 122 valence electrons. The minimum atomic E-state index is -0.778. The Morgan fingerprint density at radius 3 is 3.00 bits per heavy atom. The minimum absolute atomic E-state index is 0.140. The Labute approximate surface area is 132 Å². The van der Waals surface area contributed by atoms with Crippen LogP contribution in [0.1, 0.15) is 31.7 Å². The largest absolute Gasteiger partial charge is 0.495 e. The van der Waals surface area contributed by atoms with Gasteiger partial charge in [-0.05, 0) is 36.5 Å². The van der Waals surface area contributed by atoms with E-state index in [-0.39, 0.29) is 6.42 Å². The number of carbonyl (C=O) groups is 1. The molecule has 0 saturated carbocycles. The summed E-state index contributed by atoms with van der Waals surface area (Å²) in [6.45, 7) is 5.58. The fourth-order valence-electron chi connectivity index (χ4n) is 2.93. The molecule has 1 aliphatic rings. The Kier molecular flexibility index (Phi) is 6.07. The third-order valence-electron chi connectivity index (χ3n) is 4.09. The maximum Gasteiger partial charge on any atom is 0.304 e. The molecule has 5 nitrogen and oxygen atoms in total. The number of carboxylic acids is 1. The monoisotopic (exact) mass is 306 g/mol. The zero-order valence-corrected chi connectivity index (χ0v) is 13.5. The molecule has 1 unspecified atom stereocenters.